The lowest BCUT2D eigenvalue weighted by Gasteiger charge is -2.55. The number of ether oxygens (including phenoxy) is 2. The second-order valence-electron chi connectivity index (χ2n) is 7.27. The molecule has 0 bridgehead atoms. The van der Waals surface area contributed by atoms with Gasteiger partial charge in [-0.2, -0.15) is 0 Å². The summed E-state index contributed by atoms with van der Waals surface area (Å²) in [7, 11) is 0. The molecule has 128 valence electrons. The average Bonchev–Trinajstić information content (AvgIpc) is 2.64. The van der Waals surface area contributed by atoms with Crippen molar-refractivity contribution in [1.82, 2.24) is 5.32 Å². The SMILES string of the molecule is c1ccc2c(c1)CCNC2(C1Oc2ccccc21)C1Oc2ccccc21. The van der Waals surface area contributed by atoms with Gasteiger partial charge in [0.25, 0.3) is 0 Å². The molecular formula is C23H19NO2. The molecule has 6 rings (SSSR count). The van der Waals surface area contributed by atoms with Gasteiger partial charge in [0.15, 0.2) is 12.2 Å². The maximum absolute atomic E-state index is 6.31. The lowest BCUT2D eigenvalue weighted by Crippen LogP contribution is -2.61. The highest BCUT2D eigenvalue weighted by molar-refractivity contribution is 5.54. The van der Waals surface area contributed by atoms with Crippen LogP contribution in [0, 0.1) is 0 Å². The fourth-order valence-corrected chi connectivity index (χ4v) is 4.80. The van der Waals surface area contributed by atoms with Gasteiger partial charge in [-0.1, -0.05) is 60.7 Å². The first-order valence-electron chi connectivity index (χ1n) is 9.22. The summed E-state index contributed by atoms with van der Waals surface area (Å²) in [6.07, 6.45) is 0.915. The van der Waals surface area contributed by atoms with Crippen molar-refractivity contribution in [2.24, 2.45) is 0 Å². The summed E-state index contributed by atoms with van der Waals surface area (Å²) < 4.78 is 12.6. The van der Waals surface area contributed by atoms with E-state index in [9.17, 15) is 0 Å². The minimum absolute atomic E-state index is 0.0569. The molecule has 26 heavy (non-hydrogen) atoms. The van der Waals surface area contributed by atoms with Crippen LogP contribution in [0.1, 0.15) is 34.5 Å². The van der Waals surface area contributed by atoms with E-state index in [1.165, 1.54) is 22.3 Å². The molecule has 3 aliphatic heterocycles. The predicted octanol–water partition coefficient (Wildman–Crippen LogP) is 4.30. The molecule has 0 amide bonds. The van der Waals surface area contributed by atoms with Crippen molar-refractivity contribution in [2.45, 2.75) is 24.2 Å². The van der Waals surface area contributed by atoms with Gasteiger partial charge in [0.1, 0.15) is 17.0 Å². The van der Waals surface area contributed by atoms with E-state index in [-0.39, 0.29) is 12.2 Å². The molecule has 0 aromatic heterocycles. The fourth-order valence-electron chi connectivity index (χ4n) is 4.80. The van der Waals surface area contributed by atoms with E-state index < -0.39 is 5.54 Å². The Morgan fingerprint density at radius 3 is 1.96 bits per heavy atom. The van der Waals surface area contributed by atoms with Crippen molar-refractivity contribution in [3.63, 3.8) is 0 Å². The third-order valence-corrected chi connectivity index (χ3v) is 5.99. The standard InChI is InChI=1S/C23H19NO2/c1-4-10-18-15(7-1)13-14-24-23(18,21-16-8-2-5-11-19(16)25-21)22-17-9-3-6-12-20(17)26-22/h1-12,21-22,24H,13-14H2. The van der Waals surface area contributed by atoms with Gasteiger partial charge in [-0.3, -0.25) is 0 Å². The van der Waals surface area contributed by atoms with Crippen LogP contribution in [0.5, 0.6) is 11.5 Å². The number of rotatable bonds is 2. The van der Waals surface area contributed by atoms with Gasteiger partial charge >= 0.3 is 0 Å². The lowest BCUT2D eigenvalue weighted by molar-refractivity contribution is -0.0622. The zero-order valence-corrected chi connectivity index (χ0v) is 14.3. The van der Waals surface area contributed by atoms with Gasteiger partial charge in [-0.25, -0.2) is 0 Å². The molecule has 0 saturated carbocycles. The summed E-state index contributed by atoms with van der Waals surface area (Å²) in [5, 5.41) is 3.82. The first kappa shape index (κ1) is 14.4. The minimum atomic E-state index is -0.405. The van der Waals surface area contributed by atoms with Gasteiger partial charge in [0.2, 0.25) is 0 Å². The van der Waals surface area contributed by atoms with Crippen LogP contribution in [-0.2, 0) is 12.0 Å². The first-order chi connectivity index (χ1) is 12.9. The van der Waals surface area contributed by atoms with Crippen LogP contribution < -0.4 is 14.8 Å². The summed E-state index contributed by atoms with van der Waals surface area (Å²) in [6.45, 7) is 0.918. The smallest absolute Gasteiger partial charge is 0.154 e. The van der Waals surface area contributed by atoms with Crippen LogP contribution in [0.3, 0.4) is 0 Å². The van der Waals surface area contributed by atoms with Gasteiger partial charge < -0.3 is 14.8 Å². The van der Waals surface area contributed by atoms with Crippen LogP contribution in [0.25, 0.3) is 0 Å². The molecule has 0 saturated heterocycles. The van der Waals surface area contributed by atoms with Crippen molar-refractivity contribution in [3.8, 4) is 11.5 Å². The van der Waals surface area contributed by atoms with E-state index >= 15 is 0 Å². The molecule has 0 spiro atoms. The zero-order chi connectivity index (χ0) is 17.1. The number of hydrogen-bond acceptors (Lipinski definition) is 3. The largest absolute Gasteiger partial charge is 0.483 e. The van der Waals surface area contributed by atoms with E-state index in [1.54, 1.807) is 0 Å². The molecule has 0 aliphatic carbocycles. The average molecular weight is 341 g/mol. The summed E-state index contributed by atoms with van der Waals surface area (Å²) in [4.78, 5) is 0. The second kappa shape index (κ2) is 5.12. The lowest BCUT2D eigenvalue weighted by atomic mass is 9.68. The number of benzene rings is 3. The summed E-state index contributed by atoms with van der Waals surface area (Å²) in [5.74, 6) is 1.96. The Morgan fingerprint density at radius 1 is 0.731 bits per heavy atom. The molecule has 3 aromatic carbocycles. The van der Waals surface area contributed by atoms with E-state index in [0.717, 1.165) is 24.5 Å². The Bertz CT molecular complexity index is 959. The molecule has 3 aliphatic rings. The molecule has 2 atom stereocenters. The van der Waals surface area contributed by atoms with Gasteiger partial charge in [0.05, 0.1) is 0 Å². The maximum Gasteiger partial charge on any atom is 0.154 e. The number of para-hydroxylation sites is 2. The van der Waals surface area contributed by atoms with Crippen LogP contribution in [0.2, 0.25) is 0 Å². The Labute approximate surface area is 152 Å². The molecule has 0 fully saturated rings. The van der Waals surface area contributed by atoms with Crippen molar-refractivity contribution < 1.29 is 9.47 Å². The summed E-state index contributed by atoms with van der Waals surface area (Å²) in [5.41, 5.74) is 4.78. The predicted molar refractivity (Wildman–Crippen MR) is 99.4 cm³/mol. The highest BCUT2D eigenvalue weighted by atomic mass is 16.5. The van der Waals surface area contributed by atoms with Gasteiger partial charge in [-0.15, -0.1) is 0 Å². The van der Waals surface area contributed by atoms with E-state index in [1.807, 2.05) is 24.3 Å². The molecule has 0 radical (unpaired) electrons. The Hall–Kier alpha value is -2.78. The van der Waals surface area contributed by atoms with Crippen LogP contribution in [0.4, 0.5) is 0 Å². The Kier molecular flexibility index (Phi) is 2.83. The number of hydrogen-bond donors (Lipinski definition) is 1. The normalized spacial score (nSPS) is 27.5. The highest BCUT2D eigenvalue weighted by Crippen LogP contribution is 2.60. The van der Waals surface area contributed by atoms with Crippen molar-refractivity contribution in [2.75, 3.05) is 6.54 Å². The summed E-state index contributed by atoms with van der Waals surface area (Å²) >= 11 is 0. The van der Waals surface area contributed by atoms with Crippen LogP contribution in [0.15, 0.2) is 72.8 Å². The third kappa shape index (κ3) is 1.71. The molecule has 1 N–H and O–H groups in total. The second-order valence-corrected chi connectivity index (χ2v) is 7.27. The van der Waals surface area contributed by atoms with E-state index in [4.69, 9.17) is 9.47 Å². The topological polar surface area (TPSA) is 30.5 Å². The maximum atomic E-state index is 6.31. The van der Waals surface area contributed by atoms with E-state index in [0.29, 0.717) is 0 Å². The van der Waals surface area contributed by atoms with Crippen molar-refractivity contribution in [1.29, 1.82) is 0 Å². The number of fused-ring (bicyclic) bond motifs is 3. The first-order valence-corrected chi connectivity index (χ1v) is 9.22. The molecule has 3 heterocycles. The quantitative estimate of drug-likeness (QED) is 0.754. The summed E-state index contributed by atoms with van der Waals surface area (Å²) in [6, 6.07) is 25.4. The van der Waals surface area contributed by atoms with Crippen molar-refractivity contribution >= 4 is 0 Å². The number of nitrogens with one attached hydrogen (secondary N) is 1. The Balaban J connectivity index is 1.56. The zero-order valence-electron chi connectivity index (χ0n) is 14.3. The molecular weight excluding hydrogens is 322 g/mol. The monoisotopic (exact) mass is 341 g/mol. The van der Waals surface area contributed by atoms with Gasteiger partial charge in [-0.05, 0) is 29.7 Å². The van der Waals surface area contributed by atoms with Crippen LogP contribution in [-0.4, -0.2) is 6.54 Å². The van der Waals surface area contributed by atoms with Gasteiger partial charge in [0, 0.05) is 17.7 Å². The highest BCUT2D eigenvalue weighted by Gasteiger charge is 2.59. The molecule has 2 unspecified atom stereocenters. The molecule has 3 heteroatoms. The molecule has 3 aromatic rings. The minimum Gasteiger partial charge on any atom is -0.483 e. The molecule has 3 nitrogen and oxygen atoms in total. The van der Waals surface area contributed by atoms with E-state index in [2.05, 4.69) is 53.8 Å². The van der Waals surface area contributed by atoms with Crippen molar-refractivity contribution in [3.05, 3.63) is 95.1 Å². The Morgan fingerprint density at radius 2 is 1.31 bits per heavy atom. The fraction of sp³-hybridized carbons (Fsp3) is 0.217. The van der Waals surface area contributed by atoms with Crippen LogP contribution >= 0.6 is 0 Å². The third-order valence-electron chi connectivity index (χ3n) is 5.99.